The molecular weight excluding hydrogens is 478 g/mol. The monoisotopic (exact) mass is 507 g/mol. The lowest BCUT2D eigenvalue weighted by Crippen LogP contribution is -2.19. The maximum absolute atomic E-state index is 6.01. The highest BCUT2D eigenvalue weighted by atomic mass is 35.5. The van der Waals surface area contributed by atoms with Crippen molar-refractivity contribution in [2.75, 3.05) is 41.5 Å². The van der Waals surface area contributed by atoms with E-state index in [2.05, 4.69) is 21.1 Å². The van der Waals surface area contributed by atoms with Gasteiger partial charge < -0.3 is 28.9 Å². The molecule has 0 saturated heterocycles. The molecule has 0 unspecified atom stereocenters. The van der Waals surface area contributed by atoms with Crippen molar-refractivity contribution in [2.45, 2.75) is 6.92 Å². The highest BCUT2D eigenvalue weighted by molar-refractivity contribution is 6.30. The van der Waals surface area contributed by atoms with Gasteiger partial charge in [-0.15, -0.1) is 12.4 Å². The van der Waals surface area contributed by atoms with Crippen LogP contribution in [0.5, 0.6) is 23.0 Å². The summed E-state index contributed by atoms with van der Waals surface area (Å²) in [7, 11) is 7.33. The van der Waals surface area contributed by atoms with Crippen LogP contribution in [0.2, 0.25) is 0 Å². The van der Waals surface area contributed by atoms with Crippen LogP contribution in [0.15, 0.2) is 59.8 Å². The lowest BCUT2D eigenvalue weighted by Gasteiger charge is -2.12. The number of hydrogen-bond donors (Lipinski definition) is 1. The van der Waals surface area contributed by atoms with E-state index in [0.717, 1.165) is 56.9 Å². The molecule has 8 heteroatoms. The number of rotatable bonds is 8. The first-order valence-electron chi connectivity index (χ1n) is 11.5. The Balaban J connectivity index is 0.00000304. The summed E-state index contributed by atoms with van der Waals surface area (Å²) in [6, 6.07) is 17.8. The Hall–Kier alpha value is -3.68. The lowest BCUT2D eigenvalue weighted by atomic mass is 10.1. The fourth-order valence-corrected chi connectivity index (χ4v) is 4.26. The van der Waals surface area contributed by atoms with Crippen molar-refractivity contribution in [3.63, 3.8) is 0 Å². The molecule has 3 aromatic carbocycles. The molecule has 7 nitrogen and oxygen atoms in total. The predicted octanol–water partition coefficient (Wildman–Crippen LogP) is 5.67. The second-order valence-electron chi connectivity index (χ2n) is 8.83. The first-order valence-corrected chi connectivity index (χ1v) is 11.5. The molecule has 1 N–H and O–H groups in total. The summed E-state index contributed by atoms with van der Waals surface area (Å²) >= 11 is 0. The fraction of sp³-hybridized carbons (Fsp3) is 0.250. The summed E-state index contributed by atoms with van der Waals surface area (Å²) in [5.74, 6) is 2.78. The average molecular weight is 508 g/mol. The topological polar surface area (TPSA) is 68.3 Å². The van der Waals surface area contributed by atoms with Gasteiger partial charge in [0, 0.05) is 34.1 Å². The van der Waals surface area contributed by atoms with Crippen LogP contribution < -0.4 is 19.0 Å². The molecule has 5 rings (SSSR count). The van der Waals surface area contributed by atoms with E-state index < -0.39 is 0 Å². The minimum atomic E-state index is 0. The number of fused-ring (bicyclic) bond motifs is 5. The van der Waals surface area contributed by atoms with Crippen molar-refractivity contribution < 1.29 is 19.0 Å². The number of aromatic nitrogens is 1. The molecule has 1 aliphatic rings. The number of ether oxygens (including phenoxy) is 3. The van der Waals surface area contributed by atoms with E-state index in [-0.39, 0.29) is 12.4 Å². The Morgan fingerprint density at radius 2 is 1.53 bits per heavy atom. The molecule has 0 fully saturated rings. The van der Waals surface area contributed by atoms with Crippen molar-refractivity contribution in [3.05, 3.63) is 71.3 Å². The standard InChI is InChI=1S/C28H29N3O4.ClH/c1-17-6-8-18(9-7-17)35-30-28-21-16-25(33-5)24(32-4)15-20(21)27-26(28)22-14-19(10-11-23(22)29-27)34-13-12-31(2)3;/h6-11,14-16,29H,12-13H2,1-5H3;1H/b30-28-;. The van der Waals surface area contributed by atoms with Gasteiger partial charge in [0.25, 0.3) is 0 Å². The molecule has 0 atom stereocenters. The van der Waals surface area contributed by atoms with Gasteiger partial charge in [0.1, 0.15) is 18.1 Å². The van der Waals surface area contributed by atoms with Gasteiger partial charge in [-0.05, 0) is 63.5 Å². The van der Waals surface area contributed by atoms with E-state index in [1.54, 1.807) is 14.2 Å². The highest BCUT2D eigenvalue weighted by Crippen LogP contribution is 2.46. The zero-order valence-electron chi connectivity index (χ0n) is 21.0. The normalized spacial score (nSPS) is 12.9. The van der Waals surface area contributed by atoms with Crippen molar-refractivity contribution in [1.82, 2.24) is 9.88 Å². The van der Waals surface area contributed by atoms with Gasteiger partial charge in [-0.3, -0.25) is 0 Å². The number of likely N-dealkylation sites (N-methyl/N-ethyl adjacent to an activating group) is 1. The minimum absolute atomic E-state index is 0. The number of halogens is 1. The van der Waals surface area contributed by atoms with E-state index in [4.69, 9.17) is 19.0 Å². The zero-order chi connectivity index (χ0) is 24.5. The summed E-state index contributed by atoms with van der Waals surface area (Å²) < 4.78 is 17.2. The molecule has 36 heavy (non-hydrogen) atoms. The molecule has 0 bridgehead atoms. The molecule has 1 aromatic heterocycles. The van der Waals surface area contributed by atoms with Gasteiger partial charge in [-0.2, -0.15) is 0 Å². The maximum Gasteiger partial charge on any atom is 0.161 e. The molecule has 188 valence electrons. The number of nitrogens with one attached hydrogen (secondary N) is 1. The summed E-state index contributed by atoms with van der Waals surface area (Å²) in [6.07, 6.45) is 0. The van der Waals surface area contributed by atoms with Crippen LogP contribution in [0.1, 0.15) is 16.7 Å². The maximum atomic E-state index is 6.01. The van der Waals surface area contributed by atoms with Crippen LogP contribution >= 0.6 is 12.4 Å². The first kappa shape index (κ1) is 25.4. The van der Waals surface area contributed by atoms with Crippen LogP contribution in [0.25, 0.3) is 22.2 Å². The van der Waals surface area contributed by atoms with Gasteiger partial charge >= 0.3 is 0 Å². The Morgan fingerprint density at radius 3 is 2.19 bits per heavy atom. The van der Waals surface area contributed by atoms with Gasteiger partial charge in [-0.1, -0.05) is 22.9 Å². The van der Waals surface area contributed by atoms with Gasteiger partial charge in [0.2, 0.25) is 0 Å². The predicted molar refractivity (Wildman–Crippen MR) is 146 cm³/mol. The van der Waals surface area contributed by atoms with Crippen LogP contribution in [0.3, 0.4) is 0 Å². The smallest absolute Gasteiger partial charge is 0.161 e. The molecule has 0 saturated carbocycles. The van der Waals surface area contributed by atoms with E-state index in [1.165, 1.54) is 0 Å². The molecule has 0 aliphatic heterocycles. The molecule has 0 spiro atoms. The van der Waals surface area contributed by atoms with Gasteiger partial charge in [0.15, 0.2) is 17.2 Å². The van der Waals surface area contributed by atoms with Crippen LogP contribution in [-0.4, -0.2) is 57.1 Å². The van der Waals surface area contributed by atoms with E-state index in [0.29, 0.717) is 23.9 Å². The molecule has 1 heterocycles. The summed E-state index contributed by atoms with van der Waals surface area (Å²) in [4.78, 5) is 11.5. The van der Waals surface area contributed by atoms with Crippen LogP contribution in [0.4, 0.5) is 0 Å². The van der Waals surface area contributed by atoms with Crippen molar-refractivity contribution in [3.8, 4) is 34.3 Å². The van der Waals surface area contributed by atoms with Crippen molar-refractivity contribution in [2.24, 2.45) is 5.16 Å². The third-order valence-corrected chi connectivity index (χ3v) is 6.13. The quantitative estimate of drug-likeness (QED) is 0.274. The number of aryl methyl sites for hydroxylation is 1. The van der Waals surface area contributed by atoms with Gasteiger partial charge in [-0.25, -0.2) is 0 Å². The summed E-state index contributed by atoms with van der Waals surface area (Å²) in [5, 5.41) is 5.64. The minimum Gasteiger partial charge on any atom is -0.493 e. The average Bonchev–Trinajstić information content (AvgIpc) is 3.36. The Bertz CT molecular complexity index is 1410. The van der Waals surface area contributed by atoms with Crippen molar-refractivity contribution in [1.29, 1.82) is 0 Å². The molecular formula is C28H30ClN3O4. The van der Waals surface area contributed by atoms with E-state index in [9.17, 15) is 0 Å². The highest BCUT2D eigenvalue weighted by Gasteiger charge is 2.32. The number of hydrogen-bond acceptors (Lipinski definition) is 6. The second-order valence-corrected chi connectivity index (χ2v) is 8.83. The molecule has 4 aromatic rings. The number of aromatic amines is 1. The first-order chi connectivity index (χ1) is 17.0. The Morgan fingerprint density at radius 1 is 0.861 bits per heavy atom. The summed E-state index contributed by atoms with van der Waals surface area (Å²) in [6.45, 7) is 3.49. The van der Waals surface area contributed by atoms with Crippen LogP contribution in [0, 0.1) is 6.92 Å². The number of oxime groups is 1. The zero-order valence-corrected chi connectivity index (χ0v) is 21.9. The van der Waals surface area contributed by atoms with E-state index >= 15 is 0 Å². The largest absolute Gasteiger partial charge is 0.493 e. The Kier molecular flexibility index (Phi) is 7.43. The SMILES string of the molecule is COc1cc2c(cc1OC)-c1[nH]c3ccc(OCCN(C)C)cc3c1/C2=N\Oc1ccc(C)cc1.Cl. The summed E-state index contributed by atoms with van der Waals surface area (Å²) in [5.41, 5.74) is 6.72. The lowest BCUT2D eigenvalue weighted by molar-refractivity contribution is 0.261. The van der Waals surface area contributed by atoms with Crippen molar-refractivity contribution >= 4 is 29.0 Å². The molecule has 0 amide bonds. The Labute approximate surface area is 217 Å². The molecule has 1 aliphatic carbocycles. The van der Waals surface area contributed by atoms with Crippen LogP contribution in [-0.2, 0) is 0 Å². The van der Waals surface area contributed by atoms with Gasteiger partial charge in [0.05, 0.1) is 19.9 Å². The third-order valence-electron chi connectivity index (χ3n) is 6.13. The molecule has 0 radical (unpaired) electrons. The van der Waals surface area contributed by atoms with E-state index in [1.807, 2.05) is 69.6 Å². The number of H-pyrrole nitrogens is 1. The third kappa shape index (κ3) is 4.72. The number of methoxy groups -OCH3 is 2. The fourth-order valence-electron chi connectivity index (χ4n) is 4.26. The second kappa shape index (κ2) is 10.5. The number of benzene rings is 3. The number of nitrogens with zero attached hydrogens (tertiary/aromatic N) is 2.